The fraction of sp³-hybridized carbons (Fsp3) is 0.857. The number of carbonyl (C=O) groups is 1. The molecule has 138 valence electrons. The van der Waals surface area contributed by atoms with Crippen LogP contribution in [0.25, 0.3) is 0 Å². The standard InChI is InChI=1S/C21H36O2S/c1-2-3-4-9-14-24-16-20-18-13-12-17(15-18)19(20)10-7-5-6-8-11-21(22)23/h5,7,17-20H,2-4,6,8-16H2,1H3,(H,22,23)/b7-5-/t17-,18+,19-,20+/m0/s1. The van der Waals surface area contributed by atoms with E-state index < -0.39 is 5.97 Å². The second-order valence-electron chi connectivity index (χ2n) is 7.79. The lowest BCUT2D eigenvalue weighted by Gasteiger charge is -2.30. The average Bonchev–Trinajstić information content (AvgIpc) is 3.15. The molecule has 0 unspecified atom stereocenters. The van der Waals surface area contributed by atoms with E-state index in [9.17, 15) is 4.79 Å². The van der Waals surface area contributed by atoms with Crippen molar-refractivity contribution < 1.29 is 9.90 Å². The Balaban J connectivity index is 1.65. The lowest BCUT2D eigenvalue weighted by atomic mass is 9.78. The van der Waals surface area contributed by atoms with E-state index in [-0.39, 0.29) is 0 Å². The summed E-state index contributed by atoms with van der Waals surface area (Å²) in [6, 6.07) is 0. The number of unbranched alkanes of at least 4 members (excludes halogenated alkanes) is 4. The zero-order chi connectivity index (χ0) is 17.2. The van der Waals surface area contributed by atoms with E-state index in [1.54, 1.807) is 0 Å². The summed E-state index contributed by atoms with van der Waals surface area (Å²) in [5.41, 5.74) is 0. The van der Waals surface area contributed by atoms with Crippen LogP contribution in [0.3, 0.4) is 0 Å². The molecule has 4 atom stereocenters. The molecule has 2 aliphatic carbocycles. The largest absolute Gasteiger partial charge is 0.481 e. The van der Waals surface area contributed by atoms with Crippen LogP contribution in [0.2, 0.25) is 0 Å². The van der Waals surface area contributed by atoms with Crippen molar-refractivity contribution in [3.05, 3.63) is 12.2 Å². The van der Waals surface area contributed by atoms with Crippen molar-refractivity contribution >= 4 is 17.7 Å². The third kappa shape index (κ3) is 6.46. The fourth-order valence-corrected chi connectivity index (χ4v) is 6.12. The zero-order valence-corrected chi connectivity index (χ0v) is 16.2. The number of thioether (sulfide) groups is 1. The molecule has 2 nitrogen and oxygen atoms in total. The Morgan fingerprint density at radius 3 is 2.62 bits per heavy atom. The van der Waals surface area contributed by atoms with Crippen molar-refractivity contribution in [1.29, 1.82) is 0 Å². The van der Waals surface area contributed by atoms with E-state index in [1.807, 2.05) is 0 Å². The van der Waals surface area contributed by atoms with E-state index in [0.29, 0.717) is 6.42 Å². The van der Waals surface area contributed by atoms with Crippen LogP contribution in [0.1, 0.15) is 77.6 Å². The normalized spacial score (nSPS) is 28.9. The molecule has 2 rings (SSSR count). The molecule has 2 bridgehead atoms. The highest BCUT2D eigenvalue weighted by atomic mass is 32.2. The van der Waals surface area contributed by atoms with Crippen molar-refractivity contribution in [2.75, 3.05) is 11.5 Å². The first-order valence-electron chi connectivity index (χ1n) is 10.2. The summed E-state index contributed by atoms with van der Waals surface area (Å²) in [6.45, 7) is 2.28. The van der Waals surface area contributed by atoms with Gasteiger partial charge in [-0.25, -0.2) is 0 Å². The number of fused-ring (bicyclic) bond motifs is 2. The number of aliphatic carboxylic acids is 1. The molecule has 2 aliphatic rings. The zero-order valence-electron chi connectivity index (χ0n) is 15.4. The van der Waals surface area contributed by atoms with Crippen LogP contribution < -0.4 is 0 Å². The minimum atomic E-state index is -0.674. The molecule has 0 aromatic carbocycles. The van der Waals surface area contributed by atoms with Gasteiger partial charge in [0.1, 0.15) is 0 Å². The number of rotatable bonds is 13. The molecule has 2 saturated carbocycles. The van der Waals surface area contributed by atoms with Gasteiger partial charge >= 0.3 is 5.97 Å². The number of hydrogen-bond donors (Lipinski definition) is 1. The highest BCUT2D eigenvalue weighted by Crippen LogP contribution is 2.54. The lowest BCUT2D eigenvalue weighted by molar-refractivity contribution is -0.137. The topological polar surface area (TPSA) is 37.3 Å². The van der Waals surface area contributed by atoms with Crippen LogP contribution in [-0.2, 0) is 4.79 Å². The summed E-state index contributed by atoms with van der Waals surface area (Å²) >= 11 is 2.21. The first kappa shape index (κ1) is 19.9. The minimum absolute atomic E-state index is 0.301. The van der Waals surface area contributed by atoms with Crippen molar-refractivity contribution in [2.45, 2.75) is 77.6 Å². The maximum absolute atomic E-state index is 10.5. The quantitative estimate of drug-likeness (QED) is 0.318. The van der Waals surface area contributed by atoms with Gasteiger partial charge in [-0.1, -0.05) is 38.3 Å². The second kappa shape index (κ2) is 11.2. The van der Waals surface area contributed by atoms with Gasteiger partial charge in [-0.05, 0) is 80.1 Å². The van der Waals surface area contributed by atoms with Crippen LogP contribution in [-0.4, -0.2) is 22.6 Å². The Bertz CT molecular complexity index is 393. The van der Waals surface area contributed by atoms with Crippen molar-refractivity contribution in [3.63, 3.8) is 0 Å². The van der Waals surface area contributed by atoms with Crippen molar-refractivity contribution in [2.24, 2.45) is 23.7 Å². The molecule has 0 spiro atoms. The van der Waals surface area contributed by atoms with Crippen LogP contribution in [0.5, 0.6) is 0 Å². The molecular formula is C21H36O2S. The predicted molar refractivity (Wildman–Crippen MR) is 105 cm³/mol. The summed E-state index contributed by atoms with van der Waals surface area (Å²) in [5.74, 6) is 5.89. The van der Waals surface area contributed by atoms with Crippen LogP contribution in [0.15, 0.2) is 12.2 Å². The average molecular weight is 353 g/mol. The van der Waals surface area contributed by atoms with Gasteiger partial charge in [0.05, 0.1) is 0 Å². The van der Waals surface area contributed by atoms with Gasteiger partial charge in [0.15, 0.2) is 0 Å². The predicted octanol–water partition coefficient (Wildman–Crippen LogP) is 6.16. The molecule has 1 N–H and O–H groups in total. The first-order chi connectivity index (χ1) is 11.7. The van der Waals surface area contributed by atoms with E-state index in [0.717, 1.165) is 36.5 Å². The van der Waals surface area contributed by atoms with E-state index in [2.05, 4.69) is 30.8 Å². The summed E-state index contributed by atoms with van der Waals surface area (Å²) in [6.07, 6.45) is 17.8. The molecule has 0 saturated heterocycles. The van der Waals surface area contributed by atoms with E-state index >= 15 is 0 Å². The summed E-state index contributed by atoms with van der Waals surface area (Å²) in [5, 5.41) is 8.67. The van der Waals surface area contributed by atoms with Gasteiger partial charge < -0.3 is 5.11 Å². The molecular weight excluding hydrogens is 316 g/mol. The Kier molecular flexibility index (Phi) is 9.30. The summed E-state index contributed by atoms with van der Waals surface area (Å²) < 4.78 is 0. The molecule has 0 radical (unpaired) electrons. The highest BCUT2D eigenvalue weighted by molar-refractivity contribution is 7.99. The van der Waals surface area contributed by atoms with Crippen LogP contribution in [0.4, 0.5) is 0 Å². The highest BCUT2D eigenvalue weighted by Gasteiger charge is 2.46. The maximum atomic E-state index is 10.5. The summed E-state index contributed by atoms with van der Waals surface area (Å²) in [7, 11) is 0. The number of carboxylic acid groups (broad SMARTS) is 1. The maximum Gasteiger partial charge on any atom is 0.303 e. The van der Waals surface area contributed by atoms with Crippen LogP contribution in [0, 0.1) is 23.7 Å². The first-order valence-corrected chi connectivity index (χ1v) is 11.3. The third-order valence-electron chi connectivity index (χ3n) is 6.06. The molecule has 3 heteroatoms. The Morgan fingerprint density at radius 1 is 1.08 bits per heavy atom. The number of carboxylic acids is 1. The van der Waals surface area contributed by atoms with Gasteiger partial charge in [-0.2, -0.15) is 11.8 Å². The van der Waals surface area contributed by atoms with Crippen molar-refractivity contribution in [3.8, 4) is 0 Å². The molecule has 0 aromatic rings. The molecule has 2 fully saturated rings. The van der Waals surface area contributed by atoms with Crippen LogP contribution >= 0.6 is 11.8 Å². The molecule has 0 heterocycles. The smallest absolute Gasteiger partial charge is 0.303 e. The SMILES string of the molecule is CCCCCCSC[C@@H]1[C@@H]2CC[C@@H](C2)[C@@H]1C/C=C\CCCC(=O)O. The monoisotopic (exact) mass is 352 g/mol. The lowest BCUT2D eigenvalue weighted by Crippen LogP contribution is -2.24. The summed E-state index contributed by atoms with van der Waals surface area (Å²) in [4.78, 5) is 10.5. The molecule has 0 aromatic heterocycles. The van der Waals surface area contributed by atoms with Gasteiger partial charge in [0, 0.05) is 6.42 Å². The molecule has 0 aliphatic heterocycles. The van der Waals surface area contributed by atoms with Crippen molar-refractivity contribution in [1.82, 2.24) is 0 Å². The van der Waals surface area contributed by atoms with E-state index in [1.165, 1.54) is 62.9 Å². The van der Waals surface area contributed by atoms with Gasteiger partial charge in [-0.3, -0.25) is 4.79 Å². The van der Waals surface area contributed by atoms with Gasteiger partial charge in [0.2, 0.25) is 0 Å². The van der Waals surface area contributed by atoms with E-state index in [4.69, 9.17) is 5.11 Å². The second-order valence-corrected chi connectivity index (χ2v) is 8.94. The van der Waals surface area contributed by atoms with Gasteiger partial charge in [0.25, 0.3) is 0 Å². The molecule has 0 amide bonds. The Labute approximate surface area is 152 Å². The minimum Gasteiger partial charge on any atom is -0.481 e. The molecule has 24 heavy (non-hydrogen) atoms. The number of allylic oxidation sites excluding steroid dienone is 2. The van der Waals surface area contributed by atoms with Gasteiger partial charge in [-0.15, -0.1) is 0 Å². The third-order valence-corrected chi connectivity index (χ3v) is 7.26. The number of hydrogen-bond acceptors (Lipinski definition) is 2. The Hall–Kier alpha value is -0.440. The fourth-order valence-electron chi connectivity index (χ4n) is 4.75. The Morgan fingerprint density at radius 2 is 1.88 bits per heavy atom.